The lowest BCUT2D eigenvalue weighted by Crippen LogP contribution is -2.58. The van der Waals surface area contributed by atoms with Gasteiger partial charge in [-0.15, -0.1) is 0 Å². The Kier molecular flexibility index (Phi) is 11.9. The van der Waals surface area contributed by atoms with Crippen LogP contribution in [-0.4, -0.2) is 98.9 Å². The number of piperidine rings is 1. The van der Waals surface area contributed by atoms with Crippen molar-refractivity contribution in [2.24, 2.45) is 0 Å². The fraction of sp³-hybridized carbons (Fsp3) is 0.594. The summed E-state index contributed by atoms with van der Waals surface area (Å²) in [6, 6.07) is 4.64. The first-order valence-corrected chi connectivity index (χ1v) is 15.2. The van der Waals surface area contributed by atoms with Crippen molar-refractivity contribution < 1.29 is 53.8 Å². The van der Waals surface area contributed by atoms with Gasteiger partial charge in [-0.2, -0.15) is 39.5 Å². The molecule has 47 heavy (non-hydrogen) atoms. The minimum Gasteiger partial charge on any atom is -0.383 e. The van der Waals surface area contributed by atoms with Gasteiger partial charge in [0.05, 0.1) is 29.9 Å². The Morgan fingerprint density at radius 1 is 0.723 bits per heavy atom. The summed E-state index contributed by atoms with van der Waals surface area (Å²) in [5.41, 5.74) is -4.42. The molecule has 2 aromatic carbocycles. The molecule has 0 radical (unpaired) electrons. The number of rotatable bonds is 10. The van der Waals surface area contributed by atoms with Crippen LogP contribution >= 0.6 is 0 Å². The van der Waals surface area contributed by atoms with E-state index in [9.17, 15) is 44.3 Å². The van der Waals surface area contributed by atoms with Crippen LogP contribution in [-0.2, 0) is 34.4 Å². The highest BCUT2D eigenvalue weighted by molar-refractivity contribution is 5.95. The Morgan fingerprint density at radius 2 is 1.26 bits per heavy atom. The second-order valence-electron chi connectivity index (χ2n) is 12.0. The van der Waals surface area contributed by atoms with Gasteiger partial charge >= 0.3 is 18.5 Å². The zero-order valence-corrected chi connectivity index (χ0v) is 26.0. The van der Waals surface area contributed by atoms with Gasteiger partial charge in [0.25, 0.3) is 5.91 Å². The summed E-state index contributed by atoms with van der Waals surface area (Å²) in [5, 5.41) is 0. The molecule has 2 fully saturated rings. The van der Waals surface area contributed by atoms with Gasteiger partial charge in [0.1, 0.15) is 0 Å². The molecule has 3 atom stereocenters. The van der Waals surface area contributed by atoms with Gasteiger partial charge in [-0.3, -0.25) is 14.6 Å². The molecule has 6 nitrogen and oxygen atoms in total. The molecule has 0 N–H and O–H groups in total. The lowest BCUT2D eigenvalue weighted by Gasteiger charge is -2.45. The molecular weight excluding hydrogens is 645 g/mol. The van der Waals surface area contributed by atoms with E-state index in [2.05, 4.69) is 4.90 Å². The summed E-state index contributed by atoms with van der Waals surface area (Å²) in [6.07, 6.45) is -11.9. The molecule has 15 heteroatoms. The zero-order chi connectivity index (χ0) is 34.6. The number of nitrogens with zero attached hydrogens (tertiary/aromatic N) is 3. The van der Waals surface area contributed by atoms with E-state index in [1.165, 1.54) is 17.0 Å². The van der Waals surface area contributed by atoms with E-state index in [1.54, 1.807) is 14.2 Å². The van der Waals surface area contributed by atoms with Crippen LogP contribution in [0.3, 0.4) is 0 Å². The van der Waals surface area contributed by atoms with Crippen molar-refractivity contribution in [2.45, 2.75) is 62.3 Å². The molecule has 0 bridgehead atoms. The smallest absolute Gasteiger partial charge is 0.383 e. The van der Waals surface area contributed by atoms with Crippen LogP contribution in [0.1, 0.15) is 51.9 Å². The van der Waals surface area contributed by atoms with Gasteiger partial charge in [-0.1, -0.05) is 18.6 Å². The highest BCUT2D eigenvalue weighted by atomic mass is 19.4. The molecule has 262 valence electrons. The summed E-state index contributed by atoms with van der Waals surface area (Å²) in [5.74, 6) is -1.02. The van der Waals surface area contributed by atoms with Crippen molar-refractivity contribution in [3.8, 4) is 0 Å². The SMILES string of the molecule is COC[C@H]1CCC[C@@H](COC)N1CCN1CCN(C(=O)c2cc(C(F)(F)F)cc(C(F)(F)F)c2)[C@H](Cc2ccc(C(F)(F)F)cc2)C1. The number of methoxy groups -OCH3 is 2. The van der Waals surface area contributed by atoms with E-state index >= 15 is 0 Å². The average Bonchev–Trinajstić information content (AvgIpc) is 2.99. The number of hydrogen-bond donors (Lipinski definition) is 0. The predicted molar refractivity (Wildman–Crippen MR) is 155 cm³/mol. The number of carbonyl (C=O) groups is 1. The monoisotopic (exact) mass is 683 g/mol. The van der Waals surface area contributed by atoms with Gasteiger partial charge in [-0.25, -0.2) is 0 Å². The van der Waals surface area contributed by atoms with Gasteiger partial charge in [0.2, 0.25) is 0 Å². The molecule has 0 saturated carbocycles. The summed E-state index contributed by atoms with van der Waals surface area (Å²) in [7, 11) is 3.25. The molecule has 2 heterocycles. The van der Waals surface area contributed by atoms with E-state index in [1.807, 2.05) is 4.90 Å². The Bertz CT molecular complexity index is 1280. The number of alkyl halides is 9. The first-order chi connectivity index (χ1) is 22.0. The number of likely N-dealkylation sites (tertiary alicyclic amines) is 1. The second kappa shape index (κ2) is 15.1. The Balaban J connectivity index is 1.60. The third kappa shape index (κ3) is 9.61. The maximum atomic E-state index is 13.7. The van der Waals surface area contributed by atoms with E-state index < -0.39 is 52.7 Å². The standard InChI is InChI=1S/C32H38F9N3O3/c1-46-19-26-4-3-5-27(20-47-2)43(26)12-10-42-11-13-44(28(18-42)14-21-6-8-23(9-7-21)30(33,34)35)29(45)22-15-24(31(36,37)38)17-25(16-22)32(39,40)41/h6-9,15-17,26-28H,3-5,10-14,18-20H2,1-2H3/t26-,27+,28-/m1/s1. The lowest BCUT2D eigenvalue weighted by atomic mass is 9.96. The van der Waals surface area contributed by atoms with Crippen molar-refractivity contribution in [3.63, 3.8) is 0 Å². The predicted octanol–water partition coefficient (Wildman–Crippen LogP) is 6.63. The van der Waals surface area contributed by atoms with Gasteiger partial charge < -0.3 is 14.4 Å². The summed E-state index contributed by atoms with van der Waals surface area (Å²) >= 11 is 0. The molecule has 2 aromatic rings. The maximum absolute atomic E-state index is 13.7. The maximum Gasteiger partial charge on any atom is 0.416 e. The second-order valence-corrected chi connectivity index (χ2v) is 12.0. The Morgan fingerprint density at radius 3 is 1.74 bits per heavy atom. The minimum atomic E-state index is -5.13. The quantitative estimate of drug-likeness (QED) is 0.264. The summed E-state index contributed by atoms with van der Waals surface area (Å²) < 4.78 is 132. The fourth-order valence-electron chi connectivity index (χ4n) is 6.49. The van der Waals surface area contributed by atoms with Crippen molar-refractivity contribution in [1.82, 2.24) is 14.7 Å². The molecule has 0 unspecified atom stereocenters. The van der Waals surface area contributed by atoms with Crippen LogP contribution in [0.15, 0.2) is 42.5 Å². The molecule has 2 aliphatic rings. The van der Waals surface area contributed by atoms with Crippen molar-refractivity contribution in [3.05, 3.63) is 70.3 Å². The highest BCUT2D eigenvalue weighted by Gasteiger charge is 2.40. The van der Waals surface area contributed by atoms with Crippen LogP contribution in [0.25, 0.3) is 0 Å². The molecule has 2 aliphatic heterocycles. The summed E-state index contributed by atoms with van der Waals surface area (Å²) in [4.78, 5) is 19.3. The first-order valence-electron chi connectivity index (χ1n) is 15.2. The zero-order valence-electron chi connectivity index (χ0n) is 26.0. The number of ether oxygens (including phenoxy) is 2. The number of amides is 1. The molecule has 1 amide bonds. The average molecular weight is 684 g/mol. The number of benzene rings is 2. The molecule has 0 aliphatic carbocycles. The van der Waals surface area contributed by atoms with Crippen LogP contribution in [0.2, 0.25) is 0 Å². The van der Waals surface area contributed by atoms with E-state index in [4.69, 9.17) is 9.47 Å². The van der Waals surface area contributed by atoms with Crippen LogP contribution in [0, 0.1) is 0 Å². The summed E-state index contributed by atoms with van der Waals surface area (Å²) in [6.45, 7) is 2.68. The third-order valence-corrected chi connectivity index (χ3v) is 8.82. The highest BCUT2D eigenvalue weighted by Crippen LogP contribution is 2.37. The molecule has 0 aromatic heterocycles. The number of halogens is 9. The molecule has 2 saturated heterocycles. The van der Waals surface area contributed by atoms with E-state index in [-0.39, 0.29) is 44.2 Å². The van der Waals surface area contributed by atoms with Crippen LogP contribution in [0.5, 0.6) is 0 Å². The van der Waals surface area contributed by atoms with Crippen molar-refractivity contribution >= 4 is 5.91 Å². The minimum absolute atomic E-state index is 0.00920. The molecular formula is C32H38F9N3O3. The topological polar surface area (TPSA) is 45.3 Å². The third-order valence-electron chi connectivity index (χ3n) is 8.82. The number of carbonyl (C=O) groups excluding carboxylic acids is 1. The fourth-order valence-corrected chi connectivity index (χ4v) is 6.49. The van der Waals surface area contributed by atoms with Crippen LogP contribution in [0.4, 0.5) is 39.5 Å². The van der Waals surface area contributed by atoms with Gasteiger partial charge in [0.15, 0.2) is 0 Å². The van der Waals surface area contributed by atoms with Gasteiger partial charge in [-0.05, 0) is 55.2 Å². The van der Waals surface area contributed by atoms with Crippen molar-refractivity contribution in [2.75, 3.05) is 60.2 Å². The Labute approximate surface area is 267 Å². The lowest BCUT2D eigenvalue weighted by molar-refractivity contribution is -0.143. The normalized spacial score (nSPS) is 22.1. The number of hydrogen-bond acceptors (Lipinski definition) is 5. The van der Waals surface area contributed by atoms with Crippen LogP contribution < -0.4 is 0 Å². The first kappa shape index (κ1) is 36.9. The molecule has 0 spiro atoms. The largest absolute Gasteiger partial charge is 0.416 e. The Hall–Kier alpha value is -2.88. The van der Waals surface area contributed by atoms with Gasteiger partial charge in [0, 0.05) is 70.6 Å². The number of piperazine rings is 1. The van der Waals surface area contributed by atoms with E-state index in [0.29, 0.717) is 44.0 Å². The van der Waals surface area contributed by atoms with E-state index in [0.717, 1.165) is 31.4 Å². The molecule has 4 rings (SSSR count). The van der Waals surface area contributed by atoms with Crippen molar-refractivity contribution in [1.29, 1.82) is 0 Å².